The van der Waals surface area contributed by atoms with Crippen molar-refractivity contribution < 1.29 is 14.3 Å². The summed E-state index contributed by atoms with van der Waals surface area (Å²) in [6, 6.07) is 12.5. The number of hydrogen-bond acceptors (Lipinski definition) is 6. The van der Waals surface area contributed by atoms with Crippen LogP contribution in [0, 0.1) is 12.3 Å². The number of amides is 1. The van der Waals surface area contributed by atoms with Crippen LogP contribution in [0.15, 0.2) is 53.5 Å². The number of nitrogens with zero attached hydrogens (tertiary/aromatic N) is 3. The molecular weight excluding hydrogens is 446 g/mol. The van der Waals surface area contributed by atoms with E-state index in [2.05, 4.69) is 5.32 Å². The van der Waals surface area contributed by atoms with Crippen LogP contribution in [0.5, 0.6) is 5.75 Å². The van der Waals surface area contributed by atoms with Gasteiger partial charge in [-0.3, -0.25) is 19.4 Å². The molecule has 0 bridgehead atoms. The van der Waals surface area contributed by atoms with Gasteiger partial charge in [-0.1, -0.05) is 18.2 Å². The fourth-order valence-electron chi connectivity index (χ4n) is 4.46. The van der Waals surface area contributed by atoms with Crippen LogP contribution in [0.2, 0.25) is 0 Å². The summed E-state index contributed by atoms with van der Waals surface area (Å²) in [5.74, 6) is 0.302. The van der Waals surface area contributed by atoms with Gasteiger partial charge in [0.1, 0.15) is 22.5 Å². The van der Waals surface area contributed by atoms with Crippen LogP contribution in [-0.2, 0) is 17.8 Å². The van der Waals surface area contributed by atoms with Crippen molar-refractivity contribution in [2.24, 2.45) is 0 Å². The Morgan fingerprint density at radius 1 is 1.26 bits per heavy atom. The van der Waals surface area contributed by atoms with Crippen molar-refractivity contribution in [1.29, 1.82) is 5.41 Å². The van der Waals surface area contributed by atoms with E-state index >= 15 is 0 Å². The number of ether oxygens (including phenoxy) is 2. The second-order valence-electron chi connectivity index (χ2n) is 8.72. The Labute approximate surface area is 201 Å². The topological polar surface area (TPSA) is 111 Å². The molecule has 4 heterocycles. The van der Waals surface area contributed by atoms with E-state index in [9.17, 15) is 9.59 Å². The number of nitrogens with one attached hydrogen (secondary N) is 2. The van der Waals surface area contributed by atoms with Crippen LogP contribution in [0.3, 0.4) is 0 Å². The molecule has 1 saturated heterocycles. The Balaban J connectivity index is 1.60. The van der Waals surface area contributed by atoms with Gasteiger partial charge in [0.25, 0.3) is 11.5 Å². The molecule has 3 aromatic heterocycles. The molecule has 1 fully saturated rings. The zero-order valence-corrected chi connectivity index (χ0v) is 19.7. The van der Waals surface area contributed by atoms with E-state index in [1.54, 1.807) is 23.9 Å². The zero-order chi connectivity index (χ0) is 24.5. The predicted molar refractivity (Wildman–Crippen MR) is 131 cm³/mol. The molecule has 5 rings (SSSR count). The first kappa shape index (κ1) is 22.8. The second kappa shape index (κ2) is 9.34. The van der Waals surface area contributed by atoms with Crippen molar-refractivity contribution in [3.8, 4) is 5.75 Å². The van der Waals surface area contributed by atoms with E-state index in [4.69, 9.17) is 19.9 Å². The average molecular weight is 474 g/mol. The summed E-state index contributed by atoms with van der Waals surface area (Å²) in [4.78, 5) is 31.4. The van der Waals surface area contributed by atoms with Gasteiger partial charge in [0.05, 0.1) is 30.7 Å². The number of carbonyl (C=O) groups excluding carboxylic acids is 1. The number of hydrogen-bond donors (Lipinski definition) is 2. The van der Waals surface area contributed by atoms with Crippen molar-refractivity contribution in [3.05, 3.63) is 81.2 Å². The quantitative estimate of drug-likeness (QED) is 0.418. The van der Waals surface area contributed by atoms with Crippen LogP contribution in [0.1, 0.15) is 34.3 Å². The molecule has 180 valence electrons. The van der Waals surface area contributed by atoms with E-state index in [1.807, 2.05) is 37.3 Å². The first-order valence-electron chi connectivity index (χ1n) is 11.6. The number of pyridine rings is 2. The first-order chi connectivity index (χ1) is 17.0. The summed E-state index contributed by atoms with van der Waals surface area (Å²) in [6.07, 6.45) is 3.37. The third-order valence-corrected chi connectivity index (χ3v) is 6.40. The van der Waals surface area contributed by atoms with E-state index in [0.29, 0.717) is 24.4 Å². The fourth-order valence-corrected chi connectivity index (χ4v) is 4.46. The van der Waals surface area contributed by atoms with Crippen LogP contribution >= 0.6 is 0 Å². The predicted octanol–water partition coefficient (Wildman–Crippen LogP) is 2.55. The minimum atomic E-state index is -0.428. The lowest BCUT2D eigenvalue weighted by molar-refractivity contribution is 0.0931. The number of benzene rings is 1. The first-order valence-corrected chi connectivity index (χ1v) is 11.6. The molecule has 1 atom stereocenters. The van der Waals surface area contributed by atoms with Crippen molar-refractivity contribution >= 4 is 22.6 Å². The number of aryl methyl sites for hydroxylation is 1. The fraction of sp³-hybridized carbons (Fsp3) is 0.308. The molecule has 9 heteroatoms. The number of fused-ring (bicyclic) bond motifs is 2. The molecule has 2 N–H and O–H groups in total. The highest BCUT2D eigenvalue weighted by Gasteiger charge is 2.22. The summed E-state index contributed by atoms with van der Waals surface area (Å²) in [6.45, 7) is 3.18. The molecule has 35 heavy (non-hydrogen) atoms. The third-order valence-electron chi connectivity index (χ3n) is 6.40. The summed E-state index contributed by atoms with van der Waals surface area (Å²) in [5.41, 5.74) is 2.50. The third kappa shape index (κ3) is 4.30. The molecule has 1 amide bonds. The van der Waals surface area contributed by atoms with Gasteiger partial charge in [-0.25, -0.2) is 4.98 Å². The molecule has 0 aliphatic carbocycles. The molecule has 0 saturated carbocycles. The lowest BCUT2D eigenvalue weighted by Gasteiger charge is -2.18. The van der Waals surface area contributed by atoms with Crippen molar-refractivity contribution in [1.82, 2.24) is 19.3 Å². The highest BCUT2D eigenvalue weighted by Crippen LogP contribution is 2.18. The molecule has 4 aromatic rings. The van der Waals surface area contributed by atoms with E-state index in [-0.39, 0.29) is 34.6 Å². The minimum absolute atomic E-state index is 0.00469. The van der Waals surface area contributed by atoms with Crippen molar-refractivity contribution in [3.63, 3.8) is 0 Å². The monoisotopic (exact) mass is 473 g/mol. The van der Waals surface area contributed by atoms with Crippen LogP contribution in [-0.4, -0.2) is 39.7 Å². The van der Waals surface area contributed by atoms with E-state index < -0.39 is 5.91 Å². The number of carbonyl (C=O) groups is 1. The highest BCUT2D eigenvalue weighted by molar-refractivity contribution is 5.96. The smallest absolute Gasteiger partial charge is 0.267 e. The Bertz CT molecular complexity index is 1530. The molecule has 0 spiro atoms. The molecule has 9 nitrogen and oxygen atoms in total. The SMILES string of the molecule is COc1ccc(CNC(=O)c2cc3c(=O)n4cccc(C)c4nc3n(C[C@@H]3CCCO3)c2=N)cc1. The Hall–Kier alpha value is -3.98. The van der Waals surface area contributed by atoms with E-state index in [1.165, 1.54) is 10.5 Å². The van der Waals surface area contributed by atoms with E-state index in [0.717, 1.165) is 29.7 Å². The lowest BCUT2D eigenvalue weighted by atomic mass is 10.1. The Morgan fingerprint density at radius 3 is 2.77 bits per heavy atom. The summed E-state index contributed by atoms with van der Waals surface area (Å²) in [5, 5.41) is 12.0. The highest BCUT2D eigenvalue weighted by atomic mass is 16.5. The summed E-state index contributed by atoms with van der Waals surface area (Å²) < 4.78 is 14.1. The maximum atomic E-state index is 13.4. The Morgan fingerprint density at radius 2 is 2.06 bits per heavy atom. The molecule has 1 aliphatic rings. The normalized spacial score (nSPS) is 15.5. The van der Waals surface area contributed by atoms with Gasteiger partial charge in [0.15, 0.2) is 0 Å². The lowest BCUT2D eigenvalue weighted by Crippen LogP contribution is -2.36. The van der Waals surface area contributed by atoms with Gasteiger partial charge in [-0.05, 0) is 55.2 Å². The van der Waals surface area contributed by atoms with Crippen LogP contribution < -0.4 is 21.1 Å². The second-order valence-corrected chi connectivity index (χ2v) is 8.72. The molecule has 0 radical (unpaired) electrons. The maximum absolute atomic E-state index is 13.4. The molecule has 1 aromatic carbocycles. The number of aromatic nitrogens is 3. The summed E-state index contributed by atoms with van der Waals surface area (Å²) in [7, 11) is 1.60. The maximum Gasteiger partial charge on any atom is 0.267 e. The standard InChI is InChI=1S/C26H27N5O4/c1-16-5-3-11-30-23(16)29-24-21(26(30)33)13-20(22(27)31(24)15-19-6-4-12-35-19)25(32)28-14-17-7-9-18(34-2)10-8-17/h3,5,7-11,13,19,27H,4,6,12,14-15H2,1-2H3,(H,28,32)/t19-/m0/s1. The van der Waals surface area contributed by atoms with Gasteiger partial charge in [0.2, 0.25) is 0 Å². The molecular formula is C26H27N5O4. The number of methoxy groups -OCH3 is 1. The van der Waals surface area contributed by atoms with Crippen LogP contribution in [0.4, 0.5) is 0 Å². The number of rotatable bonds is 6. The van der Waals surface area contributed by atoms with Crippen LogP contribution in [0.25, 0.3) is 16.7 Å². The minimum Gasteiger partial charge on any atom is -0.497 e. The Kier molecular flexibility index (Phi) is 6.08. The average Bonchev–Trinajstić information content (AvgIpc) is 3.39. The largest absolute Gasteiger partial charge is 0.497 e. The van der Waals surface area contributed by atoms with Crippen molar-refractivity contribution in [2.75, 3.05) is 13.7 Å². The van der Waals surface area contributed by atoms with Gasteiger partial charge in [-0.2, -0.15) is 0 Å². The molecule has 0 unspecified atom stereocenters. The zero-order valence-electron chi connectivity index (χ0n) is 19.7. The van der Waals surface area contributed by atoms with Gasteiger partial charge in [0, 0.05) is 19.3 Å². The summed E-state index contributed by atoms with van der Waals surface area (Å²) >= 11 is 0. The van der Waals surface area contributed by atoms with Gasteiger partial charge in [-0.15, -0.1) is 0 Å². The van der Waals surface area contributed by atoms with Gasteiger partial charge >= 0.3 is 0 Å². The van der Waals surface area contributed by atoms with Gasteiger partial charge < -0.3 is 19.4 Å². The molecule has 1 aliphatic heterocycles. The van der Waals surface area contributed by atoms with Crippen molar-refractivity contribution in [2.45, 2.75) is 39.0 Å².